The first-order valence-corrected chi connectivity index (χ1v) is 7.60. The van der Waals surface area contributed by atoms with Crippen molar-refractivity contribution in [2.24, 2.45) is 0 Å². The van der Waals surface area contributed by atoms with Crippen molar-refractivity contribution in [1.29, 1.82) is 0 Å². The molecular formula is C16H21ClN2O2. The molecule has 1 aliphatic rings. The highest BCUT2D eigenvalue weighted by atomic mass is 35.5. The zero-order valence-electron chi connectivity index (χ0n) is 12.6. The van der Waals surface area contributed by atoms with Gasteiger partial charge in [0.2, 0.25) is 11.8 Å². The van der Waals surface area contributed by atoms with Gasteiger partial charge in [-0.1, -0.05) is 30.7 Å². The van der Waals surface area contributed by atoms with Gasteiger partial charge in [-0.05, 0) is 38.0 Å². The van der Waals surface area contributed by atoms with Gasteiger partial charge < -0.3 is 10.2 Å². The number of nitrogens with zero attached hydrogens (tertiary/aromatic N) is 1. The molecule has 0 spiro atoms. The summed E-state index contributed by atoms with van der Waals surface area (Å²) in [5.74, 6) is -0.0999. The predicted molar refractivity (Wildman–Crippen MR) is 82.9 cm³/mol. The van der Waals surface area contributed by atoms with Crippen LogP contribution in [0.3, 0.4) is 0 Å². The van der Waals surface area contributed by atoms with Gasteiger partial charge in [0.15, 0.2) is 0 Å². The highest BCUT2D eigenvalue weighted by Crippen LogP contribution is 2.23. The van der Waals surface area contributed by atoms with E-state index in [4.69, 9.17) is 11.6 Å². The molecule has 1 heterocycles. The summed E-state index contributed by atoms with van der Waals surface area (Å²) < 4.78 is 0. The quantitative estimate of drug-likeness (QED) is 0.933. The van der Waals surface area contributed by atoms with Crippen LogP contribution in [0.2, 0.25) is 5.02 Å². The largest absolute Gasteiger partial charge is 0.342 e. The molecule has 2 amide bonds. The number of benzene rings is 1. The third-order valence-electron chi connectivity index (χ3n) is 4.13. The molecule has 2 rings (SSSR count). The van der Waals surface area contributed by atoms with E-state index in [1.54, 1.807) is 11.8 Å². The fraction of sp³-hybridized carbons (Fsp3) is 0.500. The van der Waals surface area contributed by atoms with Crippen molar-refractivity contribution in [3.8, 4) is 0 Å². The zero-order chi connectivity index (χ0) is 15.6. The van der Waals surface area contributed by atoms with E-state index in [2.05, 4.69) is 5.32 Å². The standard InChI is InChI=1S/C16H21ClN2O2/c1-4-16(3)15(21)19(11(2)9-14(20)18-16)10-12-5-7-13(17)8-6-12/h5-8,11H,4,9-10H2,1-3H3,(H,18,20). The molecule has 114 valence electrons. The van der Waals surface area contributed by atoms with E-state index < -0.39 is 5.54 Å². The van der Waals surface area contributed by atoms with E-state index in [1.807, 2.05) is 38.1 Å². The second-order valence-electron chi connectivity index (χ2n) is 5.85. The van der Waals surface area contributed by atoms with Crippen molar-refractivity contribution in [3.63, 3.8) is 0 Å². The van der Waals surface area contributed by atoms with Crippen LogP contribution < -0.4 is 5.32 Å². The Morgan fingerprint density at radius 3 is 2.52 bits per heavy atom. The molecule has 2 unspecified atom stereocenters. The number of rotatable bonds is 3. The molecule has 1 N–H and O–H groups in total. The summed E-state index contributed by atoms with van der Waals surface area (Å²) in [4.78, 5) is 26.5. The van der Waals surface area contributed by atoms with Crippen molar-refractivity contribution in [3.05, 3.63) is 34.9 Å². The Hall–Kier alpha value is -1.55. The minimum absolute atomic E-state index is 0.0294. The summed E-state index contributed by atoms with van der Waals surface area (Å²) in [6.45, 7) is 6.10. The molecule has 21 heavy (non-hydrogen) atoms. The fourth-order valence-electron chi connectivity index (χ4n) is 2.56. The molecule has 0 saturated carbocycles. The molecular weight excluding hydrogens is 288 g/mol. The van der Waals surface area contributed by atoms with Gasteiger partial charge in [0, 0.05) is 24.0 Å². The van der Waals surface area contributed by atoms with Crippen molar-refractivity contribution >= 4 is 23.4 Å². The van der Waals surface area contributed by atoms with Crippen LogP contribution in [0, 0.1) is 0 Å². The van der Waals surface area contributed by atoms with Crippen LogP contribution in [0.25, 0.3) is 0 Å². The van der Waals surface area contributed by atoms with E-state index in [-0.39, 0.29) is 17.9 Å². The maximum absolute atomic E-state index is 12.8. The van der Waals surface area contributed by atoms with Gasteiger partial charge in [-0.2, -0.15) is 0 Å². The number of carbonyl (C=O) groups is 2. The second kappa shape index (κ2) is 6.06. The van der Waals surface area contributed by atoms with Gasteiger partial charge in [-0.15, -0.1) is 0 Å². The smallest absolute Gasteiger partial charge is 0.248 e. The zero-order valence-corrected chi connectivity index (χ0v) is 13.4. The van der Waals surface area contributed by atoms with Crippen LogP contribution in [0.15, 0.2) is 24.3 Å². The number of hydrogen-bond donors (Lipinski definition) is 1. The van der Waals surface area contributed by atoms with Crippen LogP contribution in [-0.2, 0) is 16.1 Å². The average Bonchev–Trinajstić information content (AvgIpc) is 2.52. The van der Waals surface area contributed by atoms with Gasteiger partial charge in [-0.3, -0.25) is 9.59 Å². The first kappa shape index (κ1) is 15.8. The molecule has 0 radical (unpaired) electrons. The molecule has 2 atom stereocenters. The van der Waals surface area contributed by atoms with Crippen LogP contribution in [0.5, 0.6) is 0 Å². The lowest BCUT2D eigenvalue weighted by atomic mass is 9.96. The lowest BCUT2D eigenvalue weighted by molar-refractivity contribution is -0.140. The Balaban J connectivity index is 2.28. The summed E-state index contributed by atoms with van der Waals surface area (Å²) in [6, 6.07) is 7.32. The summed E-state index contributed by atoms with van der Waals surface area (Å²) in [6.07, 6.45) is 0.899. The van der Waals surface area contributed by atoms with E-state index in [0.29, 0.717) is 24.4 Å². The Morgan fingerprint density at radius 1 is 1.33 bits per heavy atom. The predicted octanol–water partition coefficient (Wildman–Crippen LogP) is 2.75. The highest BCUT2D eigenvalue weighted by Gasteiger charge is 2.41. The van der Waals surface area contributed by atoms with Gasteiger partial charge in [0.25, 0.3) is 0 Å². The highest BCUT2D eigenvalue weighted by molar-refractivity contribution is 6.30. The normalized spacial score (nSPS) is 26.5. The summed E-state index contributed by atoms with van der Waals surface area (Å²) in [5, 5.41) is 3.53. The Bertz CT molecular complexity index is 544. The summed E-state index contributed by atoms with van der Waals surface area (Å²) in [7, 11) is 0. The second-order valence-corrected chi connectivity index (χ2v) is 6.28. The fourth-order valence-corrected chi connectivity index (χ4v) is 2.69. The number of nitrogens with one attached hydrogen (secondary N) is 1. The maximum Gasteiger partial charge on any atom is 0.248 e. The van der Waals surface area contributed by atoms with Gasteiger partial charge >= 0.3 is 0 Å². The number of halogens is 1. The van der Waals surface area contributed by atoms with E-state index >= 15 is 0 Å². The Kier molecular flexibility index (Phi) is 4.57. The monoisotopic (exact) mass is 308 g/mol. The minimum atomic E-state index is -0.825. The maximum atomic E-state index is 12.8. The SMILES string of the molecule is CCC1(C)NC(=O)CC(C)N(Cc2ccc(Cl)cc2)C1=O. The summed E-state index contributed by atoms with van der Waals surface area (Å²) in [5.41, 5.74) is 0.182. The topological polar surface area (TPSA) is 49.4 Å². The van der Waals surface area contributed by atoms with Crippen LogP contribution >= 0.6 is 11.6 Å². The molecule has 1 saturated heterocycles. The van der Waals surface area contributed by atoms with Crippen LogP contribution in [0.1, 0.15) is 39.2 Å². The van der Waals surface area contributed by atoms with Crippen molar-refractivity contribution in [2.45, 2.75) is 51.7 Å². The third kappa shape index (κ3) is 3.38. The van der Waals surface area contributed by atoms with E-state index in [9.17, 15) is 9.59 Å². The number of hydrogen-bond acceptors (Lipinski definition) is 2. The van der Waals surface area contributed by atoms with Crippen molar-refractivity contribution in [1.82, 2.24) is 10.2 Å². The minimum Gasteiger partial charge on any atom is -0.342 e. The number of carbonyl (C=O) groups excluding carboxylic acids is 2. The first-order valence-electron chi connectivity index (χ1n) is 7.22. The molecule has 0 bridgehead atoms. The Morgan fingerprint density at radius 2 is 1.95 bits per heavy atom. The molecule has 4 nitrogen and oxygen atoms in total. The van der Waals surface area contributed by atoms with Crippen LogP contribution in [-0.4, -0.2) is 28.3 Å². The third-order valence-corrected chi connectivity index (χ3v) is 4.39. The van der Waals surface area contributed by atoms with E-state index in [0.717, 1.165) is 5.56 Å². The molecule has 0 aromatic heterocycles. The molecule has 0 aliphatic carbocycles. The van der Waals surface area contributed by atoms with Gasteiger partial charge in [0.05, 0.1) is 0 Å². The lowest BCUT2D eigenvalue weighted by Crippen LogP contribution is -2.55. The molecule has 5 heteroatoms. The van der Waals surface area contributed by atoms with E-state index in [1.165, 1.54) is 0 Å². The molecule has 1 fully saturated rings. The molecule has 1 aromatic carbocycles. The van der Waals surface area contributed by atoms with Gasteiger partial charge in [-0.25, -0.2) is 0 Å². The van der Waals surface area contributed by atoms with Gasteiger partial charge in [0.1, 0.15) is 5.54 Å². The number of amides is 2. The molecule has 1 aliphatic heterocycles. The van der Waals surface area contributed by atoms with Crippen LogP contribution in [0.4, 0.5) is 0 Å². The molecule has 1 aromatic rings. The van der Waals surface area contributed by atoms with Crippen molar-refractivity contribution < 1.29 is 9.59 Å². The van der Waals surface area contributed by atoms with Crippen molar-refractivity contribution in [2.75, 3.05) is 0 Å². The summed E-state index contributed by atoms with van der Waals surface area (Å²) >= 11 is 5.89. The Labute approximate surface area is 130 Å². The lowest BCUT2D eigenvalue weighted by Gasteiger charge is -2.33. The average molecular weight is 309 g/mol. The first-order chi connectivity index (χ1) is 9.85.